The number of β-amino-alcohol motifs (C(OH)–C–C–N with tert-alkyl or cyclic N) is 1. The number of hydrogen-bond acceptors (Lipinski definition) is 3. The number of hydrogen-bond donors (Lipinski definition) is 2. The summed E-state index contributed by atoms with van der Waals surface area (Å²) in [5.41, 5.74) is 0. The van der Waals surface area contributed by atoms with E-state index in [2.05, 4.69) is 0 Å². The Morgan fingerprint density at radius 2 is 1.81 bits per heavy atom. The maximum absolute atomic E-state index is 11.4. The fourth-order valence-corrected chi connectivity index (χ4v) is 4.07. The van der Waals surface area contributed by atoms with E-state index in [1.165, 1.54) is 10.7 Å². The number of aliphatic hydroxyl groups is 1. The first kappa shape index (κ1) is 12.3. The minimum atomic E-state index is -3.66. The molecule has 3 N–H and O–H groups in total. The summed E-state index contributed by atoms with van der Waals surface area (Å²) in [4.78, 5) is 0. The second-order valence-corrected chi connectivity index (χ2v) is 6.47. The van der Waals surface area contributed by atoms with Crippen LogP contribution in [0.15, 0.2) is 0 Å². The van der Waals surface area contributed by atoms with Gasteiger partial charge in [0.1, 0.15) is 0 Å². The van der Waals surface area contributed by atoms with E-state index in [-0.39, 0.29) is 12.6 Å². The molecule has 0 unspecified atom stereocenters. The molecule has 0 aromatic rings. The van der Waals surface area contributed by atoms with E-state index < -0.39 is 16.3 Å². The third-order valence-corrected chi connectivity index (χ3v) is 4.87. The van der Waals surface area contributed by atoms with E-state index in [0.29, 0.717) is 12.3 Å². The first-order valence-electron chi connectivity index (χ1n) is 5.96. The lowest BCUT2D eigenvalue weighted by Crippen LogP contribution is -2.44. The van der Waals surface area contributed by atoms with Gasteiger partial charge in [-0.1, -0.05) is 19.3 Å². The molecule has 0 radical (unpaired) electrons. The Morgan fingerprint density at radius 1 is 1.19 bits per heavy atom. The van der Waals surface area contributed by atoms with Gasteiger partial charge < -0.3 is 5.11 Å². The van der Waals surface area contributed by atoms with Gasteiger partial charge in [0.2, 0.25) is 0 Å². The van der Waals surface area contributed by atoms with Gasteiger partial charge in [-0.2, -0.15) is 12.7 Å². The van der Waals surface area contributed by atoms with Crippen molar-refractivity contribution < 1.29 is 13.5 Å². The highest BCUT2D eigenvalue weighted by molar-refractivity contribution is 7.86. The highest BCUT2D eigenvalue weighted by Gasteiger charge is 2.41. The van der Waals surface area contributed by atoms with Crippen molar-refractivity contribution in [2.24, 2.45) is 11.1 Å². The fraction of sp³-hybridized carbons (Fsp3) is 1.00. The van der Waals surface area contributed by atoms with Crippen molar-refractivity contribution >= 4 is 10.2 Å². The summed E-state index contributed by atoms with van der Waals surface area (Å²) >= 11 is 0. The molecule has 94 valence electrons. The number of aliphatic hydroxyl groups excluding tert-OH is 1. The molecular weight excluding hydrogens is 228 g/mol. The average molecular weight is 248 g/mol. The van der Waals surface area contributed by atoms with Gasteiger partial charge in [0.05, 0.1) is 6.10 Å². The molecule has 2 rings (SSSR count). The third-order valence-electron chi connectivity index (χ3n) is 3.80. The van der Waals surface area contributed by atoms with Crippen molar-refractivity contribution in [3.63, 3.8) is 0 Å². The molecule has 16 heavy (non-hydrogen) atoms. The summed E-state index contributed by atoms with van der Waals surface area (Å²) in [6.45, 7) is 0.167. The highest BCUT2D eigenvalue weighted by Crippen LogP contribution is 2.35. The quantitative estimate of drug-likeness (QED) is 0.732. The predicted octanol–water partition coefficient (Wildman–Crippen LogP) is 0.205. The number of rotatable bonds is 2. The van der Waals surface area contributed by atoms with Crippen LogP contribution in [0, 0.1) is 5.92 Å². The third kappa shape index (κ3) is 2.56. The molecule has 2 atom stereocenters. The van der Waals surface area contributed by atoms with E-state index in [1.54, 1.807) is 0 Å². The van der Waals surface area contributed by atoms with E-state index in [9.17, 15) is 13.5 Å². The molecule has 5 nitrogen and oxygen atoms in total. The van der Waals surface area contributed by atoms with Crippen molar-refractivity contribution in [2.45, 2.75) is 50.7 Å². The predicted molar refractivity (Wildman–Crippen MR) is 60.8 cm³/mol. The van der Waals surface area contributed by atoms with E-state index in [4.69, 9.17) is 5.14 Å². The SMILES string of the molecule is NS(=O)(=O)N1C[C@H](O)C[C@H]1C1CCCCC1. The molecule has 1 aliphatic carbocycles. The summed E-state index contributed by atoms with van der Waals surface area (Å²) in [5, 5.41) is 14.8. The molecule has 2 aliphatic rings. The van der Waals surface area contributed by atoms with Gasteiger partial charge in [0.25, 0.3) is 10.2 Å². The van der Waals surface area contributed by atoms with Gasteiger partial charge in [-0.05, 0) is 25.2 Å². The monoisotopic (exact) mass is 248 g/mol. The molecule has 0 aromatic heterocycles. The Bertz CT molecular complexity index is 338. The summed E-state index contributed by atoms with van der Waals surface area (Å²) in [7, 11) is -3.66. The second kappa shape index (κ2) is 4.60. The van der Waals surface area contributed by atoms with Gasteiger partial charge in [0, 0.05) is 12.6 Å². The van der Waals surface area contributed by atoms with Crippen LogP contribution < -0.4 is 5.14 Å². The molecule has 0 bridgehead atoms. The van der Waals surface area contributed by atoms with Crippen LogP contribution in [-0.4, -0.2) is 36.5 Å². The summed E-state index contributed by atoms with van der Waals surface area (Å²) in [6, 6.07) is -0.0784. The zero-order valence-electron chi connectivity index (χ0n) is 9.38. The van der Waals surface area contributed by atoms with Crippen LogP contribution in [0.5, 0.6) is 0 Å². The van der Waals surface area contributed by atoms with Crippen LogP contribution in [0.3, 0.4) is 0 Å². The van der Waals surface area contributed by atoms with Crippen LogP contribution in [0.4, 0.5) is 0 Å². The Hall–Kier alpha value is -0.170. The molecule has 0 spiro atoms. The second-order valence-electron chi connectivity index (χ2n) is 4.97. The minimum absolute atomic E-state index is 0.0784. The summed E-state index contributed by atoms with van der Waals surface area (Å²) in [5.74, 6) is 0.379. The van der Waals surface area contributed by atoms with Crippen LogP contribution in [0.2, 0.25) is 0 Å². The summed E-state index contributed by atoms with van der Waals surface area (Å²) in [6.07, 6.45) is 5.67. The molecule has 6 heteroatoms. The lowest BCUT2D eigenvalue weighted by atomic mass is 9.83. The topological polar surface area (TPSA) is 83.6 Å². The van der Waals surface area contributed by atoms with Crippen molar-refractivity contribution in [1.29, 1.82) is 0 Å². The molecule has 0 aromatic carbocycles. The molecule has 1 aliphatic heterocycles. The van der Waals surface area contributed by atoms with Gasteiger partial charge in [-0.3, -0.25) is 0 Å². The smallest absolute Gasteiger partial charge is 0.277 e. The number of nitrogens with two attached hydrogens (primary N) is 1. The van der Waals surface area contributed by atoms with Gasteiger partial charge in [0.15, 0.2) is 0 Å². The lowest BCUT2D eigenvalue weighted by Gasteiger charge is -2.32. The van der Waals surface area contributed by atoms with Crippen LogP contribution in [-0.2, 0) is 10.2 Å². The molecular formula is C10H20N2O3S. The molecule has 1 saturated heterocycles. The maximum atomic E-state index is 11.4. The molecule has 1 saturated carbocycles. The normalized spacial score (nSPS) is 34.4. The van der Waals surface area contributed by atoms with Gasteiger partial charge in [-0.15, -0.1) is 0 Å². The Balaban J connectivity index is 2.11. The zero-order valence-corrected chi connectivity index (χ0v) is 10.2. The van der Waals surface area contributed by atoms with Gasteiger partial charge >= 0.3 is 0 Å². The standard InChI is InChI=1S/C10H20N2O3S/c11-16(14,15)12-7-9(13)6-10(12)8-4-2-1-3-5-8/h8-10,13H,1-7H2,(H2,11,14,15)/t9-,10+/m1/s1. The van der Waals surface area contributed by atoms with Crippen LogP contribution in [0.25, 0.3) is 0 Å². The fourth-order valence-electron chi connectivity index (χ4n) is 3.05. The first-order valence-corrected chi connectivity index (χ1v) is 7.46. The Labute approximate surface area is 96.8 Å². The number of nitrogens with zero attached hydrogens (tertiary/aromatic N) is 1. The van der Waals surface area contributed by atoms with Crippen molar-refractivity contribution in [3.8, 4) is 0 Å². The minimum Gasteiger partial charge on any atom is -0.392 e. The van der Waals surface area contributed by atoms with Crippen molar-refractivity contribution in [1.82, 2.24) is 4.31 Å². The largest absolute Gasteiger partial charge is 0.392 e. The van der Waals surface area contributed by atoms with Crippen LogP contribution in [0.1, 0.15) is 38.5 Å². The van der Waals surface area contributed by atoms with E-state index in [1.807, 2.05) is 0 Å². The Morgan fingerprint density at radius 3 is 2.38 bits per heavy atom. The van der Waals surface area contributed by atoms with Gasteiger partial charge in [-0.25, -0.2) is 5.14 Å². The van der Waals surface area contributed by atoms with Crippen molar-refractivity contribution in [2.75, 3.05) is 6.54 Å². The lowest BCUT2D eigenvalue weighted by molar-refractivity contribution is 0.185. The molecule has 1 heterocycles. The Kier molecular flexibility index (Phi) is 3.53. The zero-order chi connectivity index (χ0) is 11.8. The highest BCUT2D eigenvalue weighted by atomic mass is 32.2. The maximum Gasteiger partial charge on any atom is 0.277 e. The molecule has 2 fully saturated rings. The summed E-state index contributed by atoms with van der Waals surface area (Å²) < 4.78 is 24.1. The van der Waals surface area contributed by atoms with E-state index in [0.717, 1.165) is 25.7 Å². The molecule has 0 amide bonds. The first-order chi connectivity index (χ1) is 7.48. The van der Waals surface area contributed by atoms with E-state index >= 15 is 0 Å². The van der Waals surface area contributed by atoms with Crippen LogP contribution >= 0.6 is 0 Å². The van der Waals surface area contributed by atoms with Crippen molar-refractivity contribution in [3.05, 3.63) is 0 Å². The average Bonchev–Trinajstić information content (AvgIpc) is 2.61.